The van der Waals surface area contributed by atoms with Crippen molar-refractivity contribution >= 4 is 35.6 Å². The summed E-state index contributed by atoms with van der Waals surface area (Å²) in [6.45, 7) is 9.56. The molecule has 1 aromatic rings. The summed E-state index contributed by atoms with van der Waals surface area (Å²) in [6.07, 6.45) is 1.90. The summed E-state index contributed by atoms with van der Waals surface area (Å²) in [5.74, 6) is -0.499. The normalized spacial score (nSPS) is 28.1. The Hall–Kier alpha value is -3.05. The molecule has 2 heterocycles. The largest absolute Gasteiger partial charge is 0.465 e. The fraction of sp³-hybridized carbons (Fsp3) is 0.571. The minimum absolute atomic E-state index is 0.201. The van der Waals surface area contributed by atoms with Gasteiger partial charge in [-0.25, -0.2) is 4.79 Å². The fourth-order valence-electron chi connectivity index (χ4n) is 5.79. The molecule has 2 saturated heterocycles. The molecule has 3 aliphatic rings. The summed E-state index contributed by atoms with van der Waals surface area (Å²) in [5.41, 5.74) is 1.62. The Balaban J connectivity index is 1.56. The zero-order valence-corrected chi connectivity index (χ0v) is 23.7. The van der Waals surface area contributed by atoms with Crippen LogP contribution in [0.25, 0.3) is 0 Å². The Morgan fingerprint density at radius 2 is 2.03 bits per heavy atom. The number of carbonyl (C=O) groups excluding carboxylic acids is 3. The van der Waals surface area contributed by atoms with Gasteiger partial charge in [0.25, 0.3) is 0 Å². The minimum atomic E-state index is -1.23. The topological polar surface area (TPSA) is 128 Å². The van der Waals surface area contributed by atoms with E-state index in [9.17, 15) is 24.3 Å². The van der Waals surface area contributed by atoms with Gasteiger partial charge in [-0.2, -0.15) is 0 Å². The quantitative estimate of drug-likeness (QED) is 0.419. The molecule has 11 heteroatoms. The average Bonchev–Trinajstić information content (AvgIpc) is 3.33. The number of rotatable bonds is 8. The lowest BCUT2D eigenvalue weighted by atomic mass is 9.83. The number of carboxylic acid groups (broad SMARTS) is 1. The standard InChI is InChI=1S/C28H38N4O6S/c1-6-12-38-20-14-17-9-7-8-10-18(17)22(20)30-25(34)23-28(3,4)15-21-32(23)26(35)19(11-13-39-21)29-24(33)16(2)31(5)27(36)37/h6-10,16,19-23H,1,11-15H2,2-5H3,(H,29,33)(H,30,34)(H,36,37)/t16?,19-,20+,21-,22-,23+/m0/s1. The maximum atomic E-state index is 14.0. The van der Waals surface area contributed by atoms with Crippen molar-refractivity contribution in [1.29, 1.82) is 0 Å². The van der Waals surface area contributed by atoms with E-state index in [1.807, 2.05) is 38.1 Å². The Kier molecular flexibility index (Phi) is 8.60. The van der Waals surface area contributed by atoms with Crippen molar-refractivity contribution in [3.63, 3.8) is 0 Å². The number of thioether (sulfide) groups is 1. The predicted molar refractivity (Wildman–Crippen MR) is 148 cm³/mol. The molecule has 1 aliphatic carbocycles. The Morgan fingerprint density at radius 3 is 2.72 bits per heavy atom. The SMILES string of the molecule is C=CCO[C@@H]1Cc2ccccc2[C@@H]1NC(=O)[C@H]1N2C(=O)[C@@H](NC(=O)C(C)N(C)C(=O)O)CCS[C@H]2CC1(C)C. The van der Waals surface area contributed by atoms with Gasteiger partial charge < -0.3 is 25.4 Å². The van der Waals surface area contributed by atoms with Crippen molar-refractivity contribution in [3.05, 3.63) is 48.0 Å². The third kappa shape index (κ3) is 5.79. The first-order valence-electron chi connectivity index (χ1n) is 13.3. The number of likely N-dealkylation sites (N-methyl/N-ethyl adjacent to an activating group) is 1. The van der Waals surface area contributed by atoms with Crippen LogP contribution >= 0.6 is 11.8 Å². The van der Waals surface area contributed by atoms with E-state index < -0.39 is 35.5 Å². The molecular weight excluding hydrogens is 520 g/mol. The molecule has 2 aliphatic heterocycles. The van der Waals surface area contributed by atoms with E-state index >= 15 is 0 Å². The number of nitrogens with one attached hydrogen (secondary N) is 2. The molecule has 39 heavy (non-hydrogen) atoms. The number of carbonyl (C=O) groups is 4. The highest BCUT2D eigenvalue weighted by Crippen LogP contribution is 2.46. The van der Waals surface area contributed by atoms with Crippen LogP contribution in [-0.4, -0.2) is 87.7 Å². The molecule has 4 amide bonds. The molecular formula is C28H38N4O6S. The van der Waals surface area contributed by atoms with E-state index in [0.29, 0.717) is 31.6 Å². The van der Waals surface area contributed by atoms with Gasteiger partial charge in [0.1, 0.15) is 18.1 Å². The third-order valence-corrected chi connectivity index (χ3v) is 9.28. The lowest BCUT2D eigenvalue weighted by Gasteiger charge is -2.35. The smallest absolute Gasteiger partial charge is 0.407 e. The number of ether oxygens (including phenoxy) is 1. The van der Waals surface area contributed by atoms with Crippen LogP contribution in [0.4, 0.5) is 4.79 Å². The van der Waals surface area contributed by atoms with Gasteiger partial charge >= 0.3 is 6.09 Å². The first-order chi connectivity index (χ1) is 18.5. The maximum Gasteiger partial charge on any atom is 0.407 e. The van der Waals surface area contributed by atoms with Crippen molar-refractivity contribution in [3.8, 4) is 0 Å². The highest BCUT2D eigenvalue weighted by atomic mass is 32.2. The van der Waals surface area contributed by atoms with Gasteiger partial charge in [0.2, 0.25) is 17.7 Å². The molecule has 0 saturated carbocycles. The molecule has 0 spiro atoms. The Labute approximate surface area is 233 Å². The lowest BCUT2D eigenvalue weighted by molar-refractivity contribution is -0.144. The van der Waals surface area contributed by atoms with E-state index in [1.165, 1.54) is 14.0 Å². The van der Waals surface area contributed by atoms with Crippen LogP contribution in [0, 0.1) is 5.41 Å². The third-order valence-electron chi connectivity index (χ3n) is 8.03. The van der Waals surface area contributed by atoms with Crippen molar-refractivity contribution in [2.75, 3.05) is 19.4 Å². The number of nitrogens with zero attached hydrogens (tertiary/aromatic N) is 2. The van der Waals surface area contributed by atoms with Crippen molar-refractivity contribution in [2.45, 2.75) is 75.7 Å². The molecule has 6 atom stereocenters. The molecule has 1 unspecified atom stereocenters. The first-order valence-corrected chi connectivity index (χ1v) is 14.3. The summed E-state index contributed by atoms with van der Waals surface area (Å²) >= 11 is 1.61. The van der Waals surface area contributed by atoms with E-state index in [4.69, 9.17) is 4.74 Å². The van der Waals surface area contributed by atoms with E-state index in [-0.39, 0.29) is 29.3 Å². The summed E-state index contributed by atoms with van der Waals surface area (Å²) in [6, 6.07) is 5.02. The van der Waals surface area contributed by atoms with Crippen LogP contribution < -0.4 is 10.6 Å². The van der Waals surface area contributed by atoms with Crippen LogP contribution in [0.2, 0.25) is 0 Å². The summed E-state index contributed by atoms with van der Waals surface area (Å²) in [5, 5.41) is 15.0. The van der Waals surface area contributed by atoms with Crippen molar-refractivity contribution in [2.24, 2.45) is 5.41 Å². The van der Waals surface area contributed by atoms with Crippen LogP contribution in [0.1, 0.15) is 50.8 Å². The predicted octanol–water partition coefficient (Wildman–Crippen LogP) is 2.54. The Morgan fingerprint density at radius 1 is 1.31 bits per heavy atom. The van der Waals surface area contributed by atoms with Crippen LogP contribution in [0.5, 0.6) is 0 Å². The monoisotopic (exact) mass is 558 g/mol. The number of fused-ring (bicyclic) bond motifs is 2. The molecule has 1 aromatic carbocycles. The second-order valence-corrected chi connectivity index (χ2v) is 12.4. The Bertz CT molecular complexity index is 1140. The number of amides is 4. The minimum Gasteiger partial charge on any atom is -0.465 e. The van der Waals surface area contributed by atoms with Crippen molar-refractivity contribution in [1.82, 2.24) is 20.4 Å². The first kappa shape index (κ1) is 28.9. The molecule has 2 fully saturated rings. The van der Waals surface area contributed by atoms with Gasteiger partial charge in [-0.15, -0.1) is 18.3 Å². The second-order valence-electron chi connectivity index (χ2n) is 11.1. The van der Waals surface area contributed by atoms with Crippen LogP contribution in [-0.2, 0) is 25.5 Å². The number of benzene rings is 1. The number of hydrogen-bond acceptors (Lipinski definition) is 6. The van der Waals surface area contributed by atoms with E-state index in [2.05, 4.69) is 17.2 Å². The summed E-state index contributed by atoms with van der Waals surface area (Å²) in [7, 11) is 1.31. The van der Waals surface area contributed by atoms with Gasteiger partial charge in [-0.05, 0) is 42.1 Å². The molecule has 4 rings (SSSR count). The van der Waals surface area contributed by atoms with Crippen LogP contribution in [0.15, 0.2) is 36.9 Å². The van der Waals surface area contributed by atoms with Gasteiger partial charge in [-0.3, -0.25) is 19.3 Å². The summed E-state index contributed by atoms with van der Waals surface area (Å²) < 4.78 is 6.02. The van der Waals surface area contributed by atoms with Gasteiger partial charge in [-0.1, -0.05) is 44.2 Å². The molecule has 0 aromatic heterocycles. The highest BCUT2D eigenvalue weighted by molar-refractivity contribution is 7.99. The fourth-order valence-corrected chi connectivity index (χ4v) is 7.37. The highest BCUT2D eigenvalue weighted by Gasteiger charge is 2.55. The van der Waals surface area contributed by atoms with Gasteiger partial charge in [0.05, 0.1) is 24.1 Å². The van der Waals surface area contributed by atoms with E-state index in [0.717, 1.165) is 16.0 Å². The van der Waals surface area contributed by atoms with E-state index in [1.54, 1.807) is 22.7 Å². The zero-order chi connectivity index (χ0) is 28.5. The van der Waals surface area contributed by atoms with Crippen LogP contribution in [0.3, 0.4) is 0 Å². The molecule has 0 bridgehead atoms. The van der Waals surface area contributed by atoms with Gasteiger partial charge in [0, 0.05) is 13.5 Å². The molecule has 0 radical (unpaired) electrons. The van der Waals surface area contributed by atoms with Crippen molar-refractivity contribution < 1.29 is 29.0 Å². The molecule has 212 valence electrons. The lowest BCUT2D eigenvalue weighted by Crippen LogP contribution is -2.58. The van der Waals surface area contributed by atoms with Gasteiger partial charge in [0.15, 0.2) is 0 Å². The molecule has 10 nitrogen and oxygen atoms in total. The summed E-state index contributed by atoms with van der Waals surface area (Å²) in [4.78, 5) is 54.6. The molecule has 3 N–H and O–H groups in total. The number of hydrogen-bond donors (Lipinski definition) is 3. The zero-order valence-electron chi connectivity index (χ0n) is 22.9. The maximum absolute atomic E-state index is 14.0. The second kappa shape index (κ2) is 11.6. The average molecular weight is 559 g/mol.